The molecule has 0 radical (unpaired) electrons. The zero-order chi connectivity index (χ0) is 22.3. The number of piperidine rings is 1. The van der Waals surface area contributed by atoms with E-state index in [0.717, 1.165) is 44.7 Å². The zero-order valence-corrected chi connectivity index (χ0v) is 18.7. The van der Waals surface area contributed by atoms with Crippen LogP contribution < -0.4 is 20.3 Å². The number of anilines is 3. The van der Waals surface area contributed by atoms with E-state index in [-0.39, 0.29) is 17.7 Å². The summed E-state index contributed by atoms with van der Waals surface area (Å²) >= 11 is 0. The van der Waals surface area contributed by atoms with Crippen LogP contribution in [-0.4, -0.2) is 56.5 Å². The lowest BCUT2D eigenvalue weighted by atomic mass is 9.95. The molecule has 7 nitrogen and oxygen atoms in total. The van der Waals surface area contributed by atoms with Crippen LogP contribution in [0.3, 0.4) is 0 Å². The summed E-state index contributed by atoms with van der Waals surface area (Å²) in [5.74, 6) is 0.591. The molecule has 32 heavy (non-hydrogen) atoms. The fourth-order valence-electron chi connectivity index (χ4n) is 4.47. The maximum atomic E-state index is 12.7. The van der Waals surface area contributed by atoms with Gasteiger partial charge in [-0.05, 0) is 75.2 Å². The van der Waals surface area contributed by atoms with Gasteiger partial charge in [-0.1, -0.05) is 12.1 Å². The summed E-state index contributed by atoms with van der Waals surface area (Å²) < 4.78 is 5.31. The first-order valence-corrected chi connectivity index (χ1v) is 11.4. The Hall–Kier alpha value is -3.06. The third-order valence-corrected chi connectivity index (χ3v) is 6.31. The number of nitrogens with one attached hydrogen (secondary N) is 2. The number of carbonyl (C=O) groups excluding carboxylic acids is 2. The Morgan fingerprint density at radius 1 is 0.938 bits per heavy atom. The molecule has 0 atom stereocenters. The Balaban J connectivity index is 1.21. The van der Waals surface area contributed by atoms with Gasteiger partial charge in [0, 0.05) is 30.4 Å². The lowest BCUT2D eigenvalue weighted by molar-refractivity contribution is -0.121. The second-order valence-corrected chi connectivity index (χ2v) is 8.53. The summed E-state index contributed by atoms with van der Waals surface area (Å²) in [5, 5.41) is 5.97. The minimum atomic E-state index is -0.0580. The molecule has 4 rings (SSSR count). The van der Waals surface area contributed by atoms with Gasteiger partial charge in [0.15, 0.2) is 0 Å². The Kier molecular flexibility index (Phi) is 7.27. The van der Waals surface area contributed by atoms with Crippen molar-refractivity contribution in [3.8, 4) is 5.75 Å². The highest BCUT2D eigenvalue weighted by atomic mass is 16.5. The highest BCUT2D eigenvalue weighted by molar-refractivity contribution is 5.94. The Labute approximate surface area is 189 Å². The van der Waals surface area contributed by atoms with Crippen molar-refractivity contribution in [3.63, 3.8) is 0 Å². The number of carbonyl (C=O) groups is 2. The standard InChI is InChI=1S/C25H32N4O3/c1-32-23-7-3-2-6-22(23)27-25(31)19-12-16-28(17-13-19)18-24(30)26-20-8-10-21(11-9-20)29-14-4-5-15-29/h2-3,6-11,19H,4-5,12-18H2,1H3,(H,26,30)(H,27,31). The van der Waals surface area contributed by atoms with Crippen molar-refractivity contribution in [1.29, 1.82) is 0 Å². The largest absolute Gasteiger partial charge is 0.495 e. The molecule has 2 heterocycles. The van der Waals surface area contributed by atoms with E-state index < -0.39 is 0 Å². The first-order chi connectivity index (χ1) is 15.6. The van der Waals surface area contributed by atoms with E-state index in [9.17, 15) is 9.59 Å². The monoisotopic (exact) mass is 436 g/mol. The summed E-state index contributed by atoms with van der Waals surface area (Å²) in [7, 11) is 1.59. The lowest BCUT2D eigenvalue weighted by Crippen LogP contribution is -2.41. The summed E-state index contributed by atoms with van der Waals surface area (Å²) in [5.41, 5.74) is 2.73. The SMILES string of the molecule is COc1ccccc1NC(=O)C1CCN(CC(=O)Nc2ccc(N3CCCC3)cc2)CC1. The normalized spacial score (nSPS) is 17.2. The van der Waals surface area contributed by atoms with Gasteiger partial charge in [-0.2, -0.15) is 0 Å². The van der Waals surface area contributed by atoms with Crippen LogP contribution in [0.5, 0.6) is 5.75 Å². The molecule has 7 heteroatoms. The summed E-state index contributed by atoms with van der Waals surface area (Å²) in [6, 6.07) is 15.5. The van der Waals surface area contributed by atoms with Gasteiger partial charge in [0.2, 0.25) is 11.8 Å². The van der Waals surface area contributed by atoms with Gasteiger partial charge in [0.05, 0.1) is 19.3 Å². The minimum absolute atomic E-state index is 0.0108. The molecule has 0 unspecified atom stereocenters. The summed E-state index contributed by atoms with van der Waals surface area (Å²) in [6.07, 6.45) is 3.96. The van der Waals surface area contributed by atoms with Crippen LogP contribution in [0.15, 0.2) is 48.5 Å². The van der Waals surface area contributed by atoms with Gasteiger partial charge < -0.3 is 20.3 Å². The number of nitrogens with zero attached hydrogens (tertiary/aromatic N) is 2. The number of hydrogen-bond acceptors (Lipinski definition) is 5. The minimum Gasteiger partial charge on any atom is -0.495 e. The third kappa shape index (κ3) is 5.59. The number of ether oxygens (including phenoxy) is 1. The van der Waals surface area contributed by atoms with E-state index >= 15 is 0 Å². The second kappa shape index (κ2) is 10.5. The molecule has 0 spiro atoms. The molecule has 2 saturated heterocycles. The van der Waals surface area contributed by atoms with Gasteiger partial charge in [0.25, 0.3) is 0 Å². The zero-order valence-electron chi connectivity index (χ0n) is 18.7. The summed E-state index contributed by atoms with van der Waals surface area (Å²) in [4.78, 5) is 29.6. The Morgan fingerprint density at radius 3 is 2.31 bits per heavy atom. The molecule has 2 fully saturated rings. The molecule has 2 aliphatic rings. The highest BCUT2D eigenvalue weighted by Gasteiger charge is 2.26. The molecule has 170 valence electrons. The predicted molar refractivity (Wildman–Crippen MR) is 127 cm³/mol. The molecule has 2 N–H and O–H groups in total. The van der Waals surface area contributed by atoms with Crippen LogP contribution in [0.4, 0.5) is 17.1 Å². The quantitative estimate of drug-likeness (QED) is 0.694. The molecule has 2 amide bonds. The van der Waals surface area contributed by atoms with Crippen LogP contribution in [0.25, 0.3) is 0 Å². The van der Waals surface area contributed by atoms with Crippen molar-refractivity contribution in [2.75, 3.05) is 55.4 Å². The Bertz CT molecular complexity index is 917. The van der Waals surface area contributed by atoms with Crippen LogP contribution in [0, 0.1) is 5.92 Å². The van der Waals surface area contributed by atoms with E-state index in [4.69, 9.17) is 4.74 Å². The highest BCUT2D eigenvalue weighted by Crippen LogP contribution is 2.26. The van der Waals surface area contributed by atoms with Crippen molar-refractivity contribution < 1.29 is 14.3 Å². The average Bonchev–Trinajstić information content (AvgIpc) is 3.35. The average molecular weight is 437 g/mol. The predicted octanol–water partition coefficient (Wildman–Crippen LogP) is 3.58. The molecule has 0 aromatic heterocycles. The topological polar surface area (TPSA) is 73.9 Å². The summed E-state index contributed by atoms with van der Waals surface area (Å²) in [6.45, 7) is 4.02. The number of likely N-dealkylation sites (tertiary alicyclic amines) is 1. The van der Waals surface area contributed by atoms with E-state index in [1.165, 1.54) is 18.5 Å². The van der Waals surface area contributed by atoms with Gasteiger partial charge >= 0.3 is 0 Å². The number of benzene rings is 2. The molecular formula is C25H32N4O3. The molecule has 2 aromatic rings. The number of rotatable bonds is 7. The first kappa shape index (κ1) is 22.1. The van der Waals surface area contributed by atoms with Crippen molar-refractivity contribution in [2.24, 2.45) is 5.92 Å². The van der Waals surface area contributed by atoms with E-state index in [2.05, 4.69) is 32.6 Å². The van der Waals surface area contributed by atoms with Gasteiger partial charge in [-0.15, -0.1) is 0 Å². The van der Waals surface area contributed by atoms with Crippen molar-refractivity contribution in [2.45, 2.75) is 25.7 Å². The fraction of sp³-hybridized carbons (Fsp3) is 0.440. The van der Waals surface area contributed by atoms with E-state index in [1.807, 2.05) is 36.4 Å². The van der Waals surface area contributed by atoms with Crippen LogP contribution in [-0.2, 0) is 9.59 Å². The van der Waals surface area contributed by atoms with Crippen molar-refractivity contribution in [1.82, 2.24) is 4.90 Å². The molecule has 0 bridgehead atoms. The van der Waals surface area contributed by atoms with E-state index in [1.54, 1.807) is 7.11 Å². The van der Waals surface area contributed by atoms with Crippen molar-refractivity contribution >= 4 is 28.9 Å². The smallest absolute Gasteiger partial charge is 0.238 e. The molecule has 0 saturated carbocycles. The molecular weight excluding hydrogens is 404 g/mol. The second-order valence-electron chi connectivity index (χ2n) is 8.53. The van der Waals surface area contributed by atoms with Crippen LogP contribution in [0.1, 0.15) is 25.7 Å². The number of amides is 2. The van der Waals surface area contributed by atoms with Crippen molar-refractivity contribution in [3.05, 3.63) is 48.5 Å². The molecule has 2 aliphatic heterocycles. The number of methoxy groups -OCH3 is 1. The van der Waals surface area contributed by atoms with Gasteiger partial charge in [-0.25, -0.2) is 0 Å². The third-order valence-electron chi connectivity index (χ3n) is 6.31. The fourth-order valence-corrected chi connectivity index (χ4v) is 4.47. The Morgan fingerprint density at radius 2 is 1.62 bits per heavy atom. The maximum Gasteiger partial charge on any atom is 0.238 e. The molecule has 0 aliphatic carbocycles. The van der Waals surface area contributed by atoms with Crippen LogP contribution >= 0.6 is 0 Å². The lowest BCUT2D eigenvalue weighted by Gasteiger charge is -2.30. The van der Waals surface area contributed by atoms with Crippen LogP contribution in [0.2, 0.25) is 0 Å². The van der Waals surface area contributed by atoms with Gasteiger partial charge in [0.1, 0.15) is 5.75 Å². The molecule has 2 aromatic carbocycles. The van der Waals surface area contributed by atoms with Gasteiger partial charge in [-0.3, -0.25) is 14.5 Å². The van der Waals surface area contributed by atoms with E-state index in [0.29, 0.717) is 18.0 Å². The number of para-hydroxylation sites is 2. The maximum absolute atomic E-state index is 12.7. The number of hydrogen-bond donors (Lipinski definition) is 2. The first-order valence-electron chi connectivity index (χ1n) is 11.4.